The van der Waals surface area contributed by atoms with Gasteiger partial charge < -0.3 is 10.0 Å². The fraction of sp³-hybridized carbons (Fsp3) is 0.636. The highest BCUT2D eigenvalue weighted by Gasteiger charge is 2.57. The zero-order valence-corrected chi connectivity index (χ0v) is 11.3. The number of carbonyl (C=O) groups is 1. The van der Waals surface area contributed by atoms with Gasteiger partial charge in [-0.1, -0.05) is 0 Å². The van der Waals surface area contributed by atoms with Crippen LogP contribution in [0.15, 0.2) is 12.4 Å². The summed E-state index contributed by atoms with van der Waals surface area (Å²) in [4.78, 5) is 22.6. The van der Waals surface area contributed by atoms with Gasteiger partial charge in [0.1, 0.15) is 12.4 Å². The molecule has 2 rings (SSSR count). The third-order valence-corrected chi connectivity index (χ3v) is 3.51. The van der Waals surface area contributed by atoms with Crippen LogP contribution in [0.5, 0.6) is 0 Å². The van der Waals surface area contributed by atoms with Crippen LogP contribution in [0.2, 0.25) is 0 Å². The van der Waals surface area contributed by atoms with Crippen molar-refractivity contribution in [3.63, 3.8) is 0 Å². The van der Waals surface area contributed by atoms with Gasteiger partial charge in [-0.3, -0.25) is 19.6 Å². The fourth-order valence-corrected chi connectivity index (χ4v) is 2.18. The molecule has 0 aliphatic carbocycles. The number of nitrogens with zero attached hydrogens (tertiary/aromatic N) is 4. The molecule has 11 heteroatoms. The van der Waals surface area contributed by atoms with Crippen LogP contribution in [0, 0.1) is 10.1 Å². The number of hydrogen-bond donors (Lipinski definition) is 1. The summed E-state index contributed by atoms with van der Waals surface area (Å²) in [5.74, 6) is -0.571. The Hall–Kier alpha value is -2.17. The lowest BCUT2D eigenvalue weighted by atomic mass is 10.0. The van der Waals surface area contributed by atoms with Gasteiger partial charge in [0, 0.05) is 25.9 Å². The van der Waals surface area contributed by atoms with Gasteiger partial charge >= 0.3 is 11.9 Å². The van der Waals surface area contributed by atoms with Crippen molar-refractivity contribution in [2.24, 2.45) is 0 Å². The molecule has 0 spiro atoms. The number of nitro groups is 1. The lowest BCUT2D eigenvalue weighted by Crippen LogP contribution is -2.48. The van der Waals surface area contributed by atoms with Crippen LogP contribution in [0.25, 0.3) is 0 Å². The molecule has 1 aliphatic rings. The number of carbonyl (C=O) groups excluding carboxylic acids is 1. The molecule has 1 aliphatic heterocycles. The van der Waals surface area contributed by atoms with E-state index < -0.39 is 35.6 Å². The van der Waals surface area contributed by atoms with E-state index >= 15 is 0 Å². The summed E-state index contributed by atoms with van der Waals surface area (Å²) in [6.07, 6.45) is -3.36. The number of aryl methyl sites for hydroxylation is 1. The molecule has 1 amide bonds. The van der Waals surface area contributed by atoms with Gasteiger partial charge in [-0.15, -0.1) is 0 Å². The van der Waals surface area contributed by atoms with Gasteiger partial charge in [0.25, 0.3) is 0 Å². The van der Waals surface area contributed by atoms with Crippen molar-refractivity contribution in [2.45, 2.75) is 31.2 Å². The van der Waals surface area contributed by atoms with Crippen LogP contribution in [0.4, 0.5) is 18.9 Å². The number of likely N-dealkylation sites (tertiary alicyclic amines) is 1. The van der Waals surface area contributed by atoms with Crippen molar-refractivity contribution in [1.82, 2.24) is 14.7 Å². The molecule has 8 nitrogen and oxygen atoms in total. The second-order valence-electron chi connectivity index (χ2n) is 5.06. The minimum absolute atomic E-state index is 0.00756. The lowest BCUT2D eigenvalue weighted by Gasteiger charge is -2.25. The van der Waals surface area contributed by atoms with Crippen LogP contribution < -0.4 is 0 Å². The Morgan fingerprint density at radius 3 is 2.73 bits per heavy atom. The molecule has 1 unspecified atom stereocenters. The van der Waals surface area contributed by atoms with Gasteiger partial charge in [0.05, 0.1) is 11.5 Å². The molecule has 1 aromatic rings. The first-order chi connectivity index (χ1) is 10.1. The summed E-state index contributed by atoms with van der Waals surface area (Å²) >= 11 is 0. The molecule has 0 saturated carbocycles. The first-order valence-corrected chi connectivity index (χ1v) is 6.36. The topological polar surface area (TPSA) is 102 Å². The van der Waals surface area contributed by atoms with Crippen molar-refractivity contribution < 1.29 is 28.0 Å². The van der Waals surface area contributed by atoms with Crippen molar-refractivity contribution in [3.8, 4) is 0 Å². The third-order valence-electron chi connectivity index (χ3n) is 3.51. The summed E-state index contributed by atoms with van der Waals surface area (Å²) < 4.78 is 39.1. The summed E-state index contributed by atoms with van der Waals surface area (Å²) in [6.45, 7) is -0.976. The van der Waals surface area contributed by atoms with Crippen molar-refractivity contribution >= 4 is 11.6 Å². The average Bonchev–Trinajstić information content (AvgIpc) is 3.02. The van der Waals surface area contributed by atoms with Crippen molar-refractivity contribution in [1.29, 1.82) is 0 Å². The molecule has 122 valence electrons. The summed E-state index contributed by atoms with van der Waals surface area (Å²) in [5, 5.41) is 23.6. The molecule has 2 heterocycles. The lowest BCUT2D eigenvalue weighted by molar-refractivity contribution is -0.385. The number of aliphatic hydroxyl groups is 1. The molecule has 1 N–H and O–H groups in total. The summed E-state index contributed by atoms with van der Waals surface area (Å²) in [5.41, 5.74) is -3.10. The average molecular weight is 322 g/mol. The van der Waals surface area contributed by atoms with Crippen LogP contribution in [-0.2, 0) is 11.3 Å². The number of alkyl halides is 3. The third kappa shape index (κ3) is 3.18. The highest BCUT2D eigenvalue weighted by atomic mass is 19.4. The maximum atomic E-state index is 12.6. The normalized spacial score (nSPS) is 22.1. The summed E-state index contributed by atoms with van der Waals surface area (Å²) in [6, 6.07) is 0. The zero-order valence-electron chi connectivity index (χ0n) is 11.3. The maximum Gasteiger partial charge on any atom is 0.419 e. The monoisotopic (exact) mass is 322 g/mol. The molecule has 0 aromatic carbocycles. The van der Waals surface area contributed by atoms with E-state index in [-0.39, 0.29) is 25.2 Å². The van der Waals surface area contributed by atoms with E-state index in [0.717, 1.165) is 17.3 Å². The first kappa shape index (κ1) is 16.2. The highest BCUT2D eigenvalue weighted by Crippen LogP contribution is 2.37. The Morgan fingerprint density at radius 1 is 1.55 bits per heavy atom. The summed E-state index contributed by atoms with van der Waals surface area (Å²) in [7, 11) is 0. The zero-order chi connectivity index (χ0) is 16.5. The predicted octanol–water partition coefficient (Wildman–Crippen LogP) is 0.707. The SMILES string of the molecule is O=C(CCn1cc([N+](=O)[O-])cn1)N1CCC(O)(C(F)(F)F)C1. The first-order valence-electron chi connectivity index (χ1n) is 6.36. The van der Waals surface area contributed by atoms with E-state index in [1.54, 1.807) is 0 Å². The Labute approximate surface area is 122 Å². The minimum Gasteiger partial charge on any atom is -0.379 e. The van der Waals surface area contributed by atoms with Crippen molar-refractivity contribution in [2.75, 3.05) is 13.1 Å². The minimum atomic E-state index is -4.79. The van der Waals surface area contributed by atoms with Gasteiger partial charge in [-0.2, -0.15) is 18.3 Å². The Morgan fingerprint density at radius 2 is 2.23 bits per heavy atom. The van der Waals surface area contributed by atoms with Gasteiger partial charge in [-0.05, 0) is 0 Å². The van der Waals surface area contributed by atoms with E-state index in [2.05, 4.69) is 5.10 Å². The molecule has 0 radical (unpaired) electrons. The predicted molar refractivity (Wildman–Crippen MR) is 65.7 cm³/mol. The molecular formula is C11H13F3N4O4. The van der Waals surface area contributed by atoms with Gasteiger partial charge in [-0.25, -0.2) is 0 Å². The maximum absolute atomic E-state index is 12.6. The van der Waals surface area contributed by atoms with Gasteiger partial charge in [0.15, 0.2) is 5.60 Å². The van der Waals surface area contributed by atoms with Crippen LogP contribution in [0.1, 0.15) is 12.8 Å². The van der Waals surface area contributed by atoms with E-state index in [4.69, 9.17) is 0 Å². The second-order valence-corrected chi connectivity index (χ2v) is 5.06. The molecule has 1 saturated heterocycles. The number of rotatable bonds is 4. The number of halogens is 3. The highest BCUT2D eigenvalue weighted by molar-refractivity contribution is 5.76. The van der Waals surface area contributed by atoms with Gasteiger partial charge in [0.2, 0.25) is 5.91 Å². The number of hydrogen-bond acceptors (Lipinski definition) is 5. The van der Waals surface area contributed by atoms with Crippen LogP contribution in [-0.4, -0.2) is 55.5 Å². The van der Waals surface area contributed by atoms with Crippen LogP contribution >= 0.6 is 0 Å². The fourth-order valence-electron chi connectivity index (χ4n) is 2.18. The smallest absolute Gasteiger partial charge is 0.379 e. The van der Waals surface area contributed by atoms with Crippen LogP contribution in [0.3, 0.4) is 0 Å². The van der Waals surface area contributed by atoms with E-state index in [1.807, 2.05) is 0 Å². The van der Waals surface area contributed by atoms with E-state index in [0.29, 0.717) is 0 Å². The molecule has 22 heavy (non-hydrogen) atoms. The molecular weight excluding hydrogens is 309 g/mol. The number of β-amino-alcohol motifs (C(OH)–C–C–N with tert-alkyl or cyclic N) is 1. The van der Waals surface area contributed by atoms with E-state index in [1.165, 1.54) is 4.68 Å². The Bertz CT molecular complexity index is 588. The number of amides is 1. The number of aromatic nitrogens is 2. The van der Waals surface area contributed by atoms with Crippen molar-refractivity contribution in [3.05, 3.63) is 22.5 Å². The Balaban J connectivity index is 1.89. The Kier molecular flexibility index (Phi) is 4.09. The molecule has 1 atom stereocenters. The largest absolute Gasteiger partial charge is 0.419 e. The molecule has 1 aromatic heterocycles. The second kappa shape index (κ2) is 5.55. The van der Waals surface area contributed by atoms with E-state index in [9.17, 15) is 33.2 Å². The molecule has 0 bridgehead atoms. The quantitative estimate of drug-likeness (QED) is 0.650. The standard InChI is InChI=1S/C11H13F3N4O4/c12-11(13,14)10(20)2-4-16(7-10)9(19)1-3-17-6-8(5-15-17)18(21)22/h5-6,20H,1-4,7H2. The molecule has 1 fully saturated rings.